The van der Waals surface area contributed by atoms with Gasteiger partial charge in [0.05, 0.1) is 23.9 Å². The topological polar surface area (TPSA) is 59.4 Å². The Morgan fingerprint density at radius 2 is 1.93 bits per heavy atom. The highest BCUT2D eigenvalue weighted by atomic mass is 16.5. The Morgan fingerprint density at radius 1 is 1.13 bits per heavy atom. The number of ether oxygens (including phenoxy) is 1. The summed E-state index contributed by atoms with van der Waals surface area (Å²) >= 11 is 0. The molecule has 0 bridgehead atoms. The molecule has 1 fully saturated rings. The van der Waals surface area contributed by atoms with E-state index in [0.717, 1.165) is 42.3 Å². The summed E-state index contributed by atoms with van der Waals surface area (Å²) in [5, 5.41) is 7.52. The molecule has 0 spiro atoms. The lowest BCUT2D eigenvalue weighted by Crippen LogP contribution is -2.63. The number of carbonyl (C=O) groups is 1. The number of methoxy groups -OCH3 is 1. The molecule has 1 saturated heterocycles. The molecule has 6 heteroatoms. The Labute approximate surface area is 177 Å². The van der Waals surface area contributed by atoms with E-state index in [0.29, 0.717) is 13.0 Å². The van der Waals surface area contributed by atoms with E-state index in [9.17, 15) is 4.79 Å². The van der Waals surface area contributed by atoms with Crippen LogP contribution in [0.1, 0.15) is 18.2 Å². The Kier molecular flexibility index (Phi) is 5.86. The molecule has 0 aliphatic carbocycles. The minimum absolute atomic E-state index is 0.126. The molecule has 0 atom stereocenters. The highest BCUT2D eigenvalue weighted by Gasteiger charge is 2.48. The van der Waals surface area contributed by atoms with E-state index in [4.69, 9.17) is 4.74 Å². The van der Waals surface area contributed by atoms with Gasteiger partial charge in [0.15, 0.2) is 0 Å². The summed E-state index contributed by atoms with van der Waals surface area (Å²) in [6, 6.07) is 20.2. The van der Waals surface area contributed by atoms with Gasteiger partial charge in [-0.05, 0) is 49.2 Å². The number of carbonyl (C=O) groups excluding carboxylic acids is 1. The number of amides is 1. The lowest BCUT2D eigenvalue weighted by atomic mass is 9.73. The summed E-state index contributed by atoms with van der Waals surface area (Å²) in [5.41, 5.74) is 2.87. The SMILES string of the molecule is CCNC(=O)C1(Cc2cccc(OC)c2)CN(Cc2ccnn2-c2ccccc2)C1. The second-order valence-electron chi connectivity index (χ2n) is 7.88. The van der Waals surface area contributed by atoms with Crippen molar-refractivity contribution < 1.29 is 9.53 Å². The number of hydrogen-bond acceptors (Lipinski definition) is 4. The maximum absolute atomic E-state index is 13.0. The van der Waals surface area contributed by atoms with Gasteiger partial charge in [-0.3, -0.25) is 9.69 Å². The second kappa shape index (κ2) is 8.71. The predicted molar refractivity (Wildman–Crippen MR) is 117 cm³/mol. The lowest BCUT2D eigenvalue weighted by molar-refractivity contribution is -0.142. The maximum Gasteiger partial charge on any atom is 0.229 e. The van der Waals surface area contributed by atoms with Crippen molar-refractivity contribution in [1.82, 2.24) is 20.0 Å². The highest BCUT2D eigenvalue weighted by Crippen LogP contribution is 2.36. The van der Waals surface area contributed by atoms with Crippen LogP contribution in [0.4, 0.5) is 0 Å². The summed E-state index contributed by atoms with van der Waals surface area (Å²) in [4.78, 5) is 15.3. The molecule has 4 rings (SSSR count). The number of hydrogen-bond donors (Lipinski definition) is 1. The van der Waals surface area contributed by atoms with E-state index in [1.54, 1.807) is 7.11 Å². The highest BCUT2D eigenvalue weighted by molar-refractivity contribution is 5.84. The van der Waals surface area contributed by atoms with Gasteiger partial charge >= 0.3 is 0 Å². The Bertz CT molecular complexity index is 993. The van der Waals surface area contributed by atoms with Crippen LogP contribution in [0.15, 0.2) is 66.9 Å². The van der Waals surface area contributed by atoms with Crippen LogP contribution in [0.25, 0.3) is 5.69 Å². The van der Waals surface area contributed by atoms with E-state index in [1.807, 2.05) is 72.4 Å². The van der Waals surface area contributed by atoms with Crippen LogP contribution in [0.5, 0.6) is 5.75 Å². The lowest BCUT2D eigenvalue weighted by Gasteiger charge is -2.49. The van der Waals surface area contributed by atoms with Crippen LogP contribution in [-0.4, -0.2) is 47.3 Å². The van der Waals surface area contributed by atoms with E-state index in [2.05, 4.69) is 21.4 Å². The van der Waals surface area contributed by atoms with Crippen molar-refractivity contribution in [3.8, 4) is 11.4 Å². The molecule has 30 heavy (non-hydrogen) atoms. The van der Waals surface area contributed by atoms with Crippen LogP contribution in [0, 0.1) is 5.41 Å². The molecule has 1 aliphatic heterocycles. The first kappa shape index (κ1) is 20.2. The first-order valence-corrected chi connectivity index (χ1v) is 10.4. The minimum Gasteiger partial charge on any atom is -0.497 e. The van der Waals surface area contributed by atoms with E-state index in [-0.39, 0.29) is 5.91 Å². The van der Waals surface area contributed by atoms with E-state index < -0.39 is 5.41 Å². The van der Waals surface area contributed by atoms with Gasteiger partial charge in [-0.25, -0.2) is 4.68 Å². The molecular weight excluding hydrogens is 376 g/mol. The molecule has 156 valence electrons. The predicted octanol–water partition coefficient (Wildman–Crippen LogP) is 3.06. The monoisotopic (exact) mass is 404 g/mol. The number of nitrogens with zero attached hydrogens (tertiary/aromatic N) is 3. The molecule has 1 N–H and O–H groups in total. The molecular formula is C24H28N4O2. The third-order valence-corrected chi connectivity index (χ3v) is 5.66. The molecule has 1 aliphatic rings. The molecule has 1 amide bonds. The standard InChI is InChI=1S/C24H28N4O2/c1-3-25-23(29)24(15-19-8-7-11-22(14-19)30-2)17-27(18-24)16-21-12-13-26-28(21)20-9-5-4-6-10-20/h4-14H,3,15-18H2,1-2H3,(H,25,29). The van der Waals surface area contributed by atoms with Crippen LogP contribution >= 0.6 is 0 Å². The molecule has 0 saturated carbocycles. The maximum atomic E-state index is 13.0. The van der Waals surface area contributed by atoms with Crippen molar-refractivity contribution in [2.75, 3.05) is 26.7 Å². The van der Waals surface area contributed by atoms with Crippen LogP contribution in [-0.2, 0) is 17.8 Å². The number of nitrogens with one attached hydrogen (secondary N) is 1. The summed E-state index contributed by atoms with van der Waals surface area (Å²) in [5.74, 6) is 0.946. The van der Waals surface area contributed by atoms with Crippen LogP contribution in [0.2, 0.25) is 0 Å². The van der Waals surface area contributed by atoms with Gasteiger partial charge in [0.25, 0.3) is 0 Å². The first-order valence-electron chi connectivity index (χ1n) is 10.4. The average molecular weight is 405 g/mol. The smallest absolute Gasteiger partial charge is 0.229 e. The van der Waals surface area contributed by atoms with Crippen molar-refractivity contribution in [3.05, 3.63) is 78.1 Å². The van der Waals surface area contributed by atoms with E-state index in [1.165, 1.54) is 0 Å². The van der Waals surface area contributed by atoms with Crippen LogP contribution in [0.3, 0.4) is 0 Å². The van der Waals surface area contributed by atoms with Crippen molar-refractivity contribution in [1.29, 1.82) is 0 Å². The average Bonchev–Trinajstić information content (AvgIpc) is 3.21. The quantitative estimate of drug-likeness (QED) is 0.627. The number of aromatic nitrogens is 2. The summed E-state index contributed by atoms with van der Waals surface area (Å²) in [7, 11) is 1.67. The Balaban J connectivity index is 1.49. The molecule has 2 heterocycles. The number of para-hydroxylation sites is 1. The Morgan fingerprint density at radius 3 is 2.67 bits per heavy atom. The minimum atomic E-state index is -0.417. The van der Waals surface area contributed by atoms with Crippen molar-refractivity contribution in [3.63, 3.8) is 0 Å². The zero-order chi connectivity index (χ0) is 21.0. The second-order valence-corrected chi connectivity index (χ2v) is 7.88. The zero-order valence-corrected chi connectivity index (χ0v) is 17.5. The largest absolute Gasteiger partial charge is 0.497 e. The fourth-order valence-electron chi connectivity index (χ4n) is 4.26. The van der Waals surface area contributed by atoms with Gasteiger partial charge in [0.1, 0.15) is 5.75 Å². The Hall–Kier alpha value is -3.12. The normalized spacial score (nSPS) is 15.4. The van der Waals surface area contributed by atoms with Crippen LogP contribution < -0.4 is 10.1 Å². The summed E-state index contributed by atoms with van der Waals surface area (Å²) < 4.78 is 7.32. The molecule has 3 aromatic rings. The molecule has 0 radical (unpaired) electrons. The third kappa shape index (κ3) is 4.09. The molecule has 2 aromatic carbocycles. The number of rotatable bonds is 8. The molecule has 1 aromatic heterocycles. The third-order valence-electron chi connectivity index (χ3n) is 5.66. The molecule has 0 unspecified atom stereocenters. The number of benzene rings is 2. The summed E-state index contributed by atoms with van der Waals surface area (Å²) in [6.45, 7) is 4.80. The van der Waals surface area contributed by atoms with Gasteiger partial charge in [-0.2, -0.15) is 5.10 Å². The van der Waals surface area contributed by atoms with Crippen molar-refractivity contribution >= 4 is 5.91 Å². The van der Waals surface area contributed by atoms with Gasteiger partial charge in [0.2, 0.25) is 5.91 Å². The number of likely N-dealkylation sites (tertiary alicyclic amines) is 1. The zero-order valence-electron chi connectivity index (χ0n) is 17.5. The fraction of sp³-hybridized carbons (Fsp3) is 0.333. The van der Waals surface area contributed by atoms with Gasteiger partial charge < -0.3 is 10.1 Å². The fourth-order valence-corrected chi connectivity index (χ4v) is 4.26. The van der Waals surface area contributed by atoms with Gasteiger partial charge in [0, 0.05) is 32.4 Å². The molecule has 6 nitrogen and oxygen atoms in total. The van der Waals surface area contributed by atoms with Gasteiger partial charge in [-0.15, -0.1) is 0 Å². The van der Waals surface area contributed by atoms with E-state index >= 15 is 0 Å². The first-order chi connectivity index (χ1) is 14.6. The van der Waals surface area contributed by atoms with Gasteiger partial charge in [-0.1, -0.05) is 30.3 Å². The van der Waals surface area contributed by atoms with Crippen molar-refractivity contribution in [2.45, 2.75) is 19.9 Å². The summed E-state index contributed by atoms with van der Waals surface area (Å²) in [6.07, 6.45) is 2.53. The van der Waals surface area contributed by atoms with Crippen molar-refractivity contribution in [2.24, 2.45) is 5.41 Å².